The lowest BCUT2D eigenvalue weighted by Gasteiger charge is -2.35. The van der Waals surface area contributed by atoms with Crippen molar-refractivity contribution in [3.63, 3.8) is 0 Å². The number of piperidine rings is 1. The van der Waals surface area contributed by atoms with E-state index < -0.39 is 0 Å². The minimum atomic E-state index is -0.0818. The van der Waals surface area contributed by atoms with E-state index in [0.29, 0.717) is 17.8 Å². The lowest BCUT2D eigenvalue weighted by molar-refractivity contribution is 0.0922. The van der Waals surface area contributed by atoms with Crippen molar-refractivity contribution in [3.05, 3.63) is 18.1 Å². The Labute approximate surface area is 138 Å². The Hall–Kier alpha value is -1.65. The van der Waals surface area contributed by atoms with Crippen LogP contribution in [0.3, 0.4) is 0 Å². The molecule has 5 nitrogen and oxygen atoms in total. The van der Waals surface area contributed by atoms with Gasteiger partial charge in [0, 0.05) is 18.6 Å². The first-order chi connectivity index (χ1) is 11.3. The largest absolute Gasteiger partial charge is 0.352 e. The Kier molecular flexibility index (Phi) is 5.47. The van der Waals surface area contributed by atoms with E-state index in [-0.39, 0.29) is 5.91 Å². The molecule has 3 rings (SSSR count). The van der Waals surface area contributed by atoms with Crippen molar-refractivity contribution in [1.82, 2.24) is 15.3 Å². The van der Waals surface area contributed by atoms with Crippen molar-refractivity contribution in [2.24, 2.45) is 0 Å². The number of nitrogens with zero attached hydrogens (tertiary/aromatic N) is 3. The summed E-state index contributed by atoms with van der Waals surface area (Å²) in [5, 5.41) is 3.10. The van der Waals surface area contributed by atoms with Crippen molar-refractivity contribution < 1.29 is 4.79 Å². The molecule has 2 fully saturated rings. The summed E-state index contributed by atoms with van der Waals surface area (Å²) in [6, 6.07) is 0.865. The smallest absolute Gasteiger partial charge is 0.271 e. The quantitative estimate of drug-likeness (QED) is 0.926. The third-order valence-electron chi connectivity index (χ3n) is 5.20. The Morgan fingerprint density at radius 1 is 1.13 bits per heavy atom. The van der Waals surface area contributed by atoms with Crippen LogP contribution in [0.25, 0.3) is 0 Å². The number of nitrogens with one attached hydrogen (secondary N) is 1. The average Bonchev–Trinajstić information content (AvgIpc) is 2.62. The molecule has 1 N–H and O–H groups in total. The van der Waals surface area contributed by atoms with Gasteiger partial charge in [-0.3, -0.25) is 4.79 Å². The highest BCUT2D eigenvalue weighted by Crippen LogP contribution is 2.24. The van der Waals surface area contributed by atoms with E-state index in [9.17, 15) is 4.79 Å². The maximum atomic E-state index is 12.3. The van der Waals surface area contributed by atoms with Gasteiger partial charge in [0.25, 0.3) is 5.91 Å². The van der Waals surface area contributed by atoms with Crippen LogP contribution in [0.5, 0.6) is 0 Å². The van der Waals surface area contributed by atoms with Gasteiger partial charge in [0.1, 0.15) is 11.5 Å². The van der Waals surface area contributed by atoms with Gasteiger partial charge >= 0.3 is 0 Å². The summed E-state index contributed by atoms with van der Waals surface area (Å²) in [7, 11) is 0. The zero-order chi connectivity index (χ0) is 16.1. The van der Waals surface area contributed by atoms with Crippen LogP contribution in [-0.4, -0.2) is 34.5 Å². The lowest BCUT2D eigenvalue weighted by atomic mass is 9.95. The summed E-state index contributed by atoms with van der Waals surface area (Å²) in [5.74, 6) is 0.826. The van der Waals surface area contributed by atoms with E-state index in [2.05, 4.69) is 27.1 Å². The van der Waals surface area contributed by atoms with Crippen LogP contribution in [0.15, 0.2) is 12.4 Å². The van der Waals surface area contributed by atoms with Crippen LogP contribution in [-0.2, 0) is 0 Å². The van der Waals surface area contributed by atoms with Gasteiger partial charge in [0.2, 0.25) is 0 Å². The van der Waals surface area contributed by atoms with Crippen LogP contribution >= 0.6 is 0 Å². The maximum Gasteiger partial charge on any atom is 0.271 e. The minimum Gasteiger partial charge on any atom is -0.352 e. The van der Waals surface area contributed by atoms with E-state index in [1.165, 1.54) is 38.5 Å². The first kappa shape index (κ1) is 16.2. The molecular formula is C18H28N4O. The summed E-state index contributed by atoms with van der Waals surface area (Å²) in [6.07, 6.45) is 14.1. The Morgan fingerprint density at radius 2 is 1.91 bits per heavy atom. The second-order valence-electron chi connectivity index (χ2n) is 6.82. The maximum absolute atomic E-state index is 12.3. The summed E-state index contributed by atoms with van der Waals surface area (Å²) >= 11 is 0. The molecule has 1 aromatic rings. The van der Waals surface area contributed by atoms with Gasteiger partial charge in [0.05, 0.1) is 12.4 Å². The summed E-state index contributed by atoms with van der Waals surface area (Å²) in [5.41, 5.74) is 0.435. The first-order valence-corrected chi connectivity index (χ1v) is 9.17. The SMILES string of the molecule is CCC1CCCCN1c1cnc(C(=O)NC2CCCCC2)cn1. The minimum absolute atomic E-state index is 0.0818. The molecule has 23 heavy (non-hydrogen) atoms. The van der Waals surface area contributed by atoms with Gasteiger partial charge in [-0.05, 0) is 38.5 Å². The van der Waals surface area contributed by atoms with Crippen molar-refractivity contribution in [2.45, 2.75) is 76.8 Å². The predicted octanol–water partition coefficient (Wildman–Crippen LogP) is 3.31. The molecule has 1 saturated carbocycles. The Morgan fingerprint density at radius 3 is 2.61 bits per heavy atom. The topological polar surface area (TPSA) is 58.1 Å². The molecule has 0 bridgehead atoms. The van der Waals surface area contributed by atoms with Crippen molar-refractivity contribution in [2.75, 3.05) is 11.4 Å². The Bertz CT molecular complexity index is 510. The summed E-state index contributed by atoms with van der Waals surface area (Å²) in [4.78, 5) is 23.5. The molecule has 126 valence electrons. The number of hydrogen-bond donors (Lipinski definition) is 1. The number of carbonyl (C=O) groups is 1. The molecular weight excluding hydrogens is 288 g/mol. The van der Waals surface area contributed by atoms with Crippen LogP contribution in [0, 0.1) is 0 Å². The van der Waals surface area contributed by atoms with Gasteiger partial charge in [-0.2, -0.15) is 0 Å². The molecule has 1 saturated heterocycles. The highest BCUT2D eigenvalue weighted by molar-refractivity contribution is 5.92. The molecule has 0 spiro atoms. The number of hydrogen-bond acceptors (Lipinski definition) is 4. The normalized spacial score (nSPS) is 22.8. The fourth-order valence-corrected chi connectivity index (χ4v) is 3.82. The fourth-order valence-electron chi connectivity index (χ4n) is 3.82. The molecule has 1 atom stereocenters. The van der Waals surface area contributed by atoms with Gasteiger partial charge < -0.3 is 10.2 Å². The lowest BCUT2D eigenvalue weighted by Crippen LogP contribution is -2.40. The number of aromatic nitrogens is 2. The van der Waals surface area contributed by atoms with E-state index in [4.69, 9.17) is 0 Å². The van der Waals surface area contributed by atoms with E-state index in [1.54, 1.807) is 12.4 Å². The van der Waals surface area contributed by atoms with Crippen LogP contribution < -0.4 is 10.2 Å². The van der Waals surface area contributed by atoms with Crippen molar-refractivity contribution in [3.8, 4) is 0 Å². The second-order valence-corrected chi connectivity index (χ2v) is 6.82. The van der Waals surface area contributed by atoms with Gasteiger partial charge in [-0.1, -0.05) is 26.2 Å². The van der Waals surface area contributed by atoms with Crippen molar-refractivity contribution >= 4 is 11.7 Å². The van der Waals surface area contributed by atoms with E-state index in [0.717, 1.165) is 31.6 Å². The number of rotatable bonds is 4. The molecule has 1 amide bonds. The molecule has 2 heterocycles. The molecule has 1 aromatic heterocycles. The van der Waals surface area contributed by atoms with Gasteiger partial charge in [-0.15, -0.1) is 0 Å². The molecule has 0 aromatic carbocycles. The third kappa shape index (κ3) is 4.01. The second kappa shape index (κ2) is 7.75. The van der Waals surface area contributed by atoms with E-state index >= 15 is 0 Å². The zero-order valence-corrected chi connectivity index (χ0v) is 14.1. The van der Waals surface area contributed by atoms with Gasteiger partial charge in [-0.25, -0.2) is 9.97 Å². The molecule has 2 aliphatic rings. The summed E-state index contributed by atoms with van der Waals surface area (Å²) < 4.78 is 0. The predicted molar refractivity (Wildman–Crippen MR) is 91.6 cm³/mol. The first-order valence-electron chi connectivity index (χ1n) is 9.17. The summed E-state index contributed by atoms with van der Waals surface area (Å²) in [6.45, 7) is 3.27. The van der Waals surface area contributed by atoms with Crippen LogP contribution in [0.2, 0.25) is 0 Å². The Balaban J connectivity index is 1.62. The van der Waals surface area contributed by atoms with Crippen LogP contribution in [0.1, 0.15) is 75.2 Å². The third-order valence-corrected chi connectivity index (χ3v) is 5.20. The fraction of sp³-hybridized carbons (Fsp3) is 0.722. The van der Waals surface area contributed by atoms with Crippen molar-refractivity contribution in [1.29, 1.82) is 0 Å². The highest BCUT2D eigenvalue weighted by atomic mass is 16.1. The van der Waals surface area contributed by atoms with Crippen LogP contribution in [0.4, 0.5) is 5.82 Å². The molecule has 5 heteroatoms. The standard InChI is InChI=1S/C18H28N4O/c1-2-15-10-6-7-11-22(15)17-13-19-16(12-20-17)18(23)21-14-8-4-3-5-9-14/h12-15H,2-11H2,1H3,(H,21,23). The molecule has 0 radical (unpaired) electrons. The zero-order valence-electron chi connectivity index (χ0n) is 14.1. The molecule has 1 aliphatic heterocycles. The molecule has 1 aliphatic carbocycles. The van der Waals surface area contributed by atoms with E-state index in [1.807, 2.05) is 0 Å². The number of anilines is 1. The monoisotopic (exact) mass is 316 g/mol. The number of carbonyl (C=O) groups excluding carboxylic acids is 1. The van der Waals surface area contributed by atoms with Gasteiger partial charge in [0.15, 0.2) is 0 Å². The number of amides is 1. The highest BCUT2D eigenvalue weighted by Gasteiger charge is 2.23. The molecule has 1 unspecified atom stereocenters. The average molecular weight is 316 g/mol.